The van der Waals surface area contributed by atoms with Gasteiger partial charge in [0, 0.05) is 12.1 Å². The Hall–Kier alpha value is -3.80. The van der Waals surface area contributed by atoms with Crippen molar-refractivity contribution < 1.29 is 14.3 Å². The zero-order valence-corrected chi connectivity index (χ0v) is 17.8. The number of amides is 1. The minimum atomic E-state index is -0.408. The number of imidazole rings is 1. The van der Waals surface area contributed by atoms with Crippen molar-refractivity contribution in [1.82, 2.24) is 14.9 Å². The molecule has 0 fully saturated rings. The molecule has 1 atom stereocenters. The van der Waals surface area contributed by atoms with Gasteiger partial charge in [0.15, 0.2) is 11.5 Å². The van der Waals surface area contributed by atoms with Crippen LogP contribution in [0.5, 0.6) is 11.5 Å². The summed E-state index contributed by atoms with van der Waals surface area (Å²) in [4.78, 5) is 18.1. The third-order valence-corrected chi connectivity index (χ3v) is 5.31. The second-order valence-corrected chi connectivity index (χ2v) is 7.09. The fourth-order valence-corrected chi connectivity index (χ4v) is 3.78. The van der Waals surface area contributed by atoms with Crippen molar-refractivity contribution in [3.8, 4) is 11.5 Å². The van der Waals surface area contributed by atoms with Gasteiger partial charge in [0.2, 0.25) is 0 Å². The van der Waals surface area contributed by atoms with E-state index in [1.165, 1.54) is 0 Å². The normalized spacial score (nSPS) is 11.8. The number of carbonyl (C=O) groups is 1. The van der Waals surface area contributed by atoms with Crippen molar-refractivity contribution >= 4 is 16.9 Å². The van der Waals surface area contributed by atoms with Gasteiger partial charge in [-0.3, -0.25) is 4.79 Å². The molecule has 0 aliphatic carbocycles. The van der Waals surface area contributed by atoms with Gasteiger partial charge in [-0.2, -0.15) is 0 Å². The van der Waals surface area contributed by atoms with Crippen LogP contribution in [0.2, 0.25) is 0 Å². The molecule has 1 amide bonds. The van der Waals surface area contributed by atoms with E-state index in [1.807, 2.05) is 54.6 Å². The average Bonchev–Trinajstić information content (AvgIpc) is 3.20. The zero-order valence-electron chi connectivity index (χ0n) is 17.8. The molecule has 6 heteroatoms. The van der Waals surface area contributed by atoms with Gasteiger partial charge in [0.25, 0.3) is 5.91 Å². The molecule has 6 nitrogen and oxygen atoms in total. The number of rotatable bonds is 7. The number of hydrogen-bond acceptors (Lipinski definition) is 4. The molecule has 0 radical (unpaired) electrons. The first-order valence-corrected chi connectivity index (χ1v) is 10.2. The summed E-state index contributed by atoms with van der Waals surface area (Å²) < 4.78 is 12.8. The van der Waals surface area contributed by atoms with Crippen LogP contribution in [0.4, 0.5) is 0 Å². The molecule has 0 saturated carbocycles. The lowest BCUT2D eigenvalue weighted by molar-refractivity contribution is 0.0940. The van der Waals surface area contributed by atoms with Crippen molar-refractivity contribution in [3.05, 3.63) is 89.7 Å². The first kappa shape index (κ1) is 20.5. The fourth-order valence-electron chi connectivity index (χ4n) is 3.78. The molecule has 0 unspecified atom stereocenters. The number of nitrogens with zero attached hydrogens (tertiary/aromatic N) is 2. The minimum Gasteiger partial charge on any atom is -0.493 e. The molecule has 3 aromatic carbocycles. The highest BCUT2D eigenvalue weighted by atomic mass is 16.5. The Kier molecular flexibility index (Phi) is 5.89. The van der Waals surface area contributed by atoms with E-state index in [9.17, 15) is 4.79 Å². The van der Waals surface area contributed by atoms with Crippen molar-refractivity contribution in [3.63, 3.8) is 0 Å². The van der Waals surface area contributed by atoms with Crippen LogP contribution >= 0.6 is 0 Å². The summed E-state index contributed by atoms with van der Waals surface area (Å²) >= 11 is 0. The number of carbonyl (C=O) groups excluding carboxylic acids is 1. The third kappa shape index (κ3) is 3.97. The van der Waals surface area contributed by atoms with Gasteiger partial charge >= 0.3 is 0 Å². The summed E-state index contributed by atoms with van der Waals surface area (Å²) in [7, 11) is 3.12. The van der Waals surface area contributed by atoms with Crippen LogP contribution in [0, 0.1) is 0 Å². The summed E-state index contributed by atoms with van der Waals surface area (Å²) in [5, 5.41) is 3.17. The van der Waals surface area contributed by atoms with E-state index >= 15 is 0 Å². The molecule has 0 spiro atoms. The first-order chi connectivity index (χ1) is 15.2. The number of nitrogens with one attached hydrogen (secondary N) is 1. The highest BCUT2D eigenvalue weighted by Crippen LogP contribution is 2.29. The van der Waals surface area contributed by atoms with E-state index in [0.29, 0.717) is 17.1 Å². The monoisotopic (exact) mass is 415 g/mol. The highest BCUT2D eigenvalue weighted by molar-refractivity contribution is 5.95. The summed E-state index contributed by atoms with van der Waals surface area (Å²) in [6.07, 6.45) is 0. The molecular weight excluding hydrogens is 390 g/mol. The molecule has 1 aromatic heterocycles. The van der Waals surface area contributed by atoms with E-state index in [-0.39, 0.29) is 5.91 Å². The summed E-state index contributed by atoms with van der Waals surface area (Å²) in [5.41, 5.74) is 3.39. The van der Waals surface area contributed by atoms with E-state index in [0.717, 1.165) is 29.0 Å². The van der Waals surface area contributed by atoms with Gasteiger partial charge in [0.1, 0.15) is 11.9 Å². The first-order valence-electron chi connectivity index (χ1n) is 10.2. The molecule has 0 aliphatic heterocycles. The molecule has 4 rings (SSSR count). The lowest BCUT2D eigenvalue weighted by Gasteiger charge is -2.20. The van der Waals surface area contributed by atoms with Crippen molar-refractivity contribution in [1.29, 1.82) is 0 Å². The van der Waals surface area contributed by atoms with Gasteiger partial charge < -0.3 is 19.4 Å². The van der Waals surface area contributed by atoms with E-state index < -0.39 is 6.04 Å². The highest BCUT2D eigenvalue weighted by Gasteiger charge is 2.24. The topological polar surface area (TPSA) is 65.4 Å². The predicted molar refractivity (Wildman–Crippen MR) is 121 cm³/mol. The Morgan fingerprint density at radius 1 is 0.968 bits per heavy atom. The van der Waals surface area contributed by atoms with Gasteiger partial charge in [-0.15, -0.1) is 0 Å². The molecule has 0 saturated heterocycles. The number of para-hydroxylation sites is 2. The Bertz CT molecular complexity index is 1200. The maximum Gasteiger partial charge on any atom is 0.252 e. The second kappa shape index (κ2) is 8.92. The van der Waals surface area contributed by atoms with Crippen LogP contribution in [0.15, 0.2) is 72.8 Å². The van der Waals surface area contributed by atoms with E-state index in [2.05, 4.69) is 16.8 Å². The van der Waals surface area contributed by atoms with Crippen LogP contribution < -0.4 is 14.8 Å². The zero-order chi connectivity index (χ0) is 21.8. The Morgan fingerprint density at radius 3 is 2.39 bits per heavy atom. The molecule has 0 bridgehead atoms. The number of methoxy groups -OCH3 is 2. The predicted octanol–water partition coefficient (Wildman–Crippen LogP) is 4.59. The summed E-state index contributed by atoms with van der Waals surface area (Å²) in [5.74, 6) is 1.66. The van der Waals surface area contributed by atoms with Gasteiger partial charge in [-0.25, -0.2) is 4.98 Å². The number of aromatic nitrogens is 2. The van der Waals surface area contributed by atoms with Crippen LogP contribution in [0.3, 0.4) is 0 Å². The number of fused-ring (bicyclic) bond motifs is 1. The fraction of sp³-hybridized carbons (Fsp3) is 0.200. The molecule has 1 N–H and O–H groups in total. The molecule has 31 heavy (non-hydrogen) atoms. The molecule has 4 aromatic rings. The van der Waals surface area contributed by atoms with Crippen molar-refractivity contribution in [2.75, 3.05) is 14.2 Å². The van der Waals surface area contributed by atoms with E-state index in [1.54, 1.807) is 32.4 Å². The van der Waals surface area contributed by atoms with Gasteiger partial charge in [0.05, 0.1) is 25.3 Å². The lowest BCUT2D eigenvalue weighted by atomic mass is 10.0. The quantitative estimate of drug-likeness (QED) is 0.479. The molecular formula is C25H25N3O3. The number of aryl methyl sites for hydroxylation is 1. The van der Waals surface area contributed by atoms with Crippen LogP contribution in [0.1, 0.15) is 34.7 Å². The molecule has 158 valence electrons. The van der Waals surface area contributed by atoms with Gasteiger partial charge in [-0.1, -0.05) is 42.5 Å². The second-order valence-electron chi connectivity index (χ2n) is 7.09. The standard InChI is InChI=1S/C25H25N3O3/c1-4-28-20-13-9-8-12-19(20)26-24(28)23(17-10-6-5-7-11-17)27-25(29)18-14-15-21(30-2)22(16-18)31-3/h5-16,23H,4H2,1-3H3,(H,27,29)/t23-/m0/s1. The number of ether oxygens (including phenoxy) is 2. The van der Waals surface area contributed by atoms with Gasteiger partial charge in [-0.05, 0) is 42.8 Å². The third-order valence-electron chi connectivity index (χ3n) is 5.31. The summed E-state index contributed by atoms with van der Waals surface area (Å²) in [6, 6.07) is 22.6. The molecule has 0 aliphatic rings. The van der Waals surface area contributed by atoms with Crippen LogP contribution in [0.25, 0.3) is 11.0 Å². The lowest BCUT2D eigenvalue weighted by Crippen LogP contribution is -2.31. The van der Waals surface area contributed by atoms with E-state index in [4.69, 9.17) is 14.5 Å². The Labute approximate surface area is 181 Å². The Morgan fingerprint density at radius 2 is 1.68 bits per heavy atom. The maximum absolute atomic E-state index is 13.2. The summed E-state index contributed by atoms with van der Waals surface area (Å²) in [6.45, 7) is 2.82. The van der Waals surface area contributed by atoms with Crippen LogP contribution in [-0.4, -0.2) is 29.7 Å². The van der Waals surface area contributed by atoms with Crippen molar-refractivity contribution in [2.24, 2.45) is 0 Å². The minimum absolute atomic E-state index is 0.218. The molecule has 1 heterocycles. The smallest absolute Gasteiger partial charge is 0.252 e. The number of hydrogen-bond donors (Lipinski definition) is 1. The SMILES string of the molecule is CCn1c([C@@H](NC(=O)c2ccc(OC)c(OC)c2)c2ccccc2)nc2ccccc21. The van der Waals surface area contributed by atoms with Crippen molar-refractivity contribution in [2.45, 2.75) is 19.5 Å². The van der Waals surface area contributed by atoms with Crippen LogP contribution in [-0.2, 0) is 6.54 Å². The average molecular weight is 415 g/mol. The Balaban J connectivity index is 1.77. The maximum atomic E-state index is 13.2. The largest absolute Gasteiger partial charge is 0.493 e. The number of benzene rings is 3.